The molecule has 1 heterocycles. The van der Waals surface area contributed by atoms with E-state index in [0.29, 0.717) is 11.8 Å². The van der Waals surface area contributed by atoms with Gasteiger partial charge in [0, 0.05) is 19.0 Å². The largest absolute Gasteiger partial charge is 0.306 e. The Morgan fingerprint density at radius 2 is 2.00 bits per heavy atom. The molecule has 0 bridgehead atoms. The Kier molecular flexibility index (Phi) is 2.06. The second kappa shape index (κ2) is 3.06. The predicted octanol–water partition coefficient (Wildman–Crippen LogP) is 1.49. The molecule has 0 spiro atoms. The predicted molar refractivity (Wildman–Crippen MR) is 47.4 cm³/mol. The summed E-state index contributed by atoms with van der Waals surface area (Å²) in [5.74, 6) is 1.80. The van der Waals surface area contributed by atoms with E-state index in [-0.39, 0.29) is 0 Å². The number of likely N-dealkylation sites (tertiary alicyclic amines) is 1. The molecule has 0 radical (unpaired) electrons. The highest BCUT2D eigenvalue weighted by Crippen LogP contribution is 2.39. The van der Waals surface area contributed by atoms with E-state index in [9.17, 15) is 0 Å². The quantitative estimate of drug-likeness (QED) is 0.618. The van der Waals surface area contributed by atoms with E-state index in [0.717, 1.165) is 19.0 Å². The van der Waals surface area contributed by atoms with Crippen LogP contribution in [0.5, 0.6) is 0 Å². The van der Waals surface area contributed by atoms with E-state index in [2.05, 4.69) is 18.0 Å². The van der Waals surface area contributed by atoms with Gasteiger partial charge >= 0.3 is 0 Å². The van der Waals surface area contributed by atoms with Crippen LogP contribution in [0.15, 0.2) is 0 Å². The Morgan fingerprint density at radius 3 is 2.33 bits per heavy atom. The fraction of sp³-hybridized carbons (Fsp3) is 0.900. The summed E-state index contributed by atoms with van der Waals surface area (Å²) in [5.41, 5.74) is 0. The molecule has 2 fully saturated rings. The van der Waals surface area contributed by atoms with Gasteiger partial charge in [-0.3, -0.25) is 0 Å². The van der Waals surface area contributed by atoms with Gasteiger partial charge in [0.15, 0.2) is 0 Å². The molecule has 1 atom stereocenters. The number of hydrogen-bond donors (Lipinski definition) is 0. The van der Waals surface area contributed by atoms with Crippen molar-refractivity contribution in [1.82, 2.24) is 4.90 Å². The maximum Gasteiger partial charge on any atom is 0.0662 e. The molecule has 1 unspecified atom stereocenters. The first-order chi connectivity index (χ1) is 5.81. The Balaban J connectivity index is 1.87. The van der Waals surface area contributed by atoms with Gasteiger partial charge < -0.3 is 4.90 Å². The minimum atomic E-state index is 0.370. The van der Waals surface area contributed by atoms with E-state index in [1.54, 1.807) is 0 Å². The van der Waals surface area contributed by atoms with Crippen molar-refractivity contribution in [3.8, 4) is 6.07 Å². The van der Waals surface area contributed by atoms with Gasteiger partial charge in [-0.25, -0.2) is 0 Å². The molecular weight excluding hydrogens is 148 g/mol. The van der Waals surface area contributed by atoms with Crippen molar-refractivity contribution in [3.63, 3.8) is 0 Å². The van der Waals surface area contributed by atoms with Gasteiger partial charge in [0.25, 0.3) is 0 Å². The van der Waals surface area contributed by atoms with Crippen LogP contribution in [-0.4, -0.2) is 25.0 Å². The standard InChI is InChI=1S/C10H16N2/c1-12-6-9(7-12)10(5-11)8-3-2-4-8/h8-10H,2-4,6-7H2,1H3. The molecule has 0 aromatic carbocycles. The zero-order chi connectivity index (χ0) is 8.55. The molecule has 1 aliphatic carbocycles. The van der Waals surface area contributed by atoms with Gasteiger partial charge in [-0.1, -0.05) is 6.42 Å². The molecule has 1 aliphatic heterocycles. The summed E-state index contributed by atoms with van der Waals surface area (Å²) in [6.07, 6.45) is 3.96. The molecular formula is C10H16N2. The lowest BCUT2D eigenvalue weighted by Crippen LogP contribution is -2.49. The first-order valence-electron chi connectivity index (χ1n) is 4.89. The van der Waals surface area contributed by atoms with Crippen molar-refractivity contribution in [2.75, 3.05) is 20.1 Å². The lowest BCUT2D eigenvalue weighted by Gasteiger charge is -2.43. The summed E-state index contributed by atoms with van der Waals surface area (Å²) in [7, 11) is 2.13. The van der Waals surface area contributed by atoms with Crippen LogP contribution in [-0.2, 0) is 0 Å². The topological polar surface area (TPSA) is 27.0 Å². The molecule has 0 amide bonds. The van der Waals surface area contributed by atoms with Crippen LogP contribution < -0.4 is 0 Å². The van der Waals surface area contributed by atoms with Crippen molar-refractivity contribution in [1.29, 1.82) is 5.26 Å². The van der Waals surface area contributed by atoms with Crippen molar-refractivity contribution >= 4 is 0 Å². The summed E-state index contributed by atoms with van der Waals surface area (Å²) < 4.78 is 0. The van der Waals surface area contributed by atoms with Gasteiger partial charge in [-0.15, -0.1) is 0 Å². The highest BCUT2D eigenvalue weighted by atomic mass is 15.2. The third kappa shape index (κ3) is 1.23. The summed E-state index contributed by atoms with van der Waals surface area (Å²) >= 11 is 0. The normalized spacial score (nSPS) is 28.7. The SMILES string of the molecule is CN1CC(C(C#N)C2CCC2)C1. The van der Waals surface area contributed by atoms with Crippen molar-refractivity contribution in [3.05, 3.63) is 0 Å². The van der Waals surface area contributed by atoms with Gasteiger partial charge in [-0.05, 0) is 25.8 Å². The maximum atomic E-state index is 9.01. The molecule has 0 N–H and O–H groups in total. The lowest BCUT2D eigenvalue weighted by molar-refractivity contribution is 0.0581. The molecule has 2 aliphatic rings. The summed E-state index contributed by atoms with van der Waals surface area (Å²) in [6, 6.07) is 2.50. The van der Waals surface area contributed by atoms with Crippen molar-refractivity contribution in [2.24, 2.45) is 17.8 Å². The summed E-state index contributed by atoms with van der Waals surface area (Å²) in [5, 5.41) is 9.01. The van der Waals surface area contributed by atoms with E-state index >= 15 is 0 Å². The number of nitrogens with zero attached hydrogens (tertiary/aromatic N) is 2. The fourth-order valence-electron chi connectivity index (χ4n) is 2.37. The van der Waals surface area contributed by atoms with Crippen molar-refractivity contribution in [2.45, 2.75) is 19.3 Å². The van der Waals surface area contributed by atoms with Crippen LogP contribution in [0.2, 0.25) is 0 Å². The highest BCUT2D eigenvalue weighted by Gasteiger charge is 2.38. The van der Waals surface area contributed by atoms with Crippen LogP contribution >= 0.6 is 0 Å². The van der Waals surface area contributed by atoms with Crippen LogP contribution in [0.3, 0.4) is 0 Å². The zero-order valence-corrected chi connectivity index (χ0v) is 7.66. The smallest absolute Gasteiger partial charge is 0.0662 e. The van der Waals surface area contributed by atoms with E-state index in [1.165, 1.54) is 19.3 Å². The third-order valence-electron chi connectivity index (χ3n) is 3.41. The van der Waals surface area contributed by atoms with E-state index in [4.69, 9.17) is 5.26 Å². The first-order valence-corrected chi connectivity index (χ1v) is 4.89. The Hall–Kier alpha value is -0.550. The molecule has 12 heavy (non-hydrogen) atoms. The Labute approximate surface area is 74.2 Å². The van der Waals surface area contributed by atoms with Crippen LogP contribution in [0.1, 0.15) is 19.3 Å². The molecule has 2 rings (SSSR count). The number of hydrogen-bond acceptors (Lipinski definition) is 2. The van der Waals surface area contributed by atoms with Crippen LogP contribution in [0.4, 0.5) is 0 Å². The summed E-state index contributed by atoms with van der Waals surface area (Å²) in [4.78, 5) is 2.30. The van der Waals surface area contributed by atoms with Gasteiger partial charge in [0.2, 0.25) is 0 Å². The second-order valence-corrected chi connectivity index (χ2v) is 4.33. The first kappa shape index (κ1) is 8.07. The van der Waals surface area contributed by atoms with Gasteiger partial charge in [0.05, 0.1) is 12.0 Å². The summed E-state index contributed by atoms with van der Waals surface area (Å²) in [6.45, 7) is 2.30. The maximum absolute atomic E-state index is 9.01. The molecule has 0 aromatic heterocycles. The number of nitriles is 1. The van der Waals surface area contributed by atoms with Crippen molar-refractivity contribution < 1.29 is 0 Å². The zero-order valence-electron chi connectivity index (χ0n) is 7.66. The molecule has 66 valence electrons. The van der Waals surface area contributed by atoms with Crippen LogP contribution in [0.25, 0.3) is 0 Å². The second-order valence-electron chi connectivity index (χ2n) is 4.33. The Bertz CT molecular complexity index is 196. The molecule has 2 nitrogen and oxygen atoms in total. The fourth-order valence-corrected chi connectivity index (χ4v) is 2.37. The minimum absolute atomic E-state index is 0.370. The minimum Gasteiger partial charge on any atom is -0.306 e. The molecule has 2 heteroatoms. The molecule has 0 aromatic rings. The highest BCUT2D eigenvalue weighted by molar-refractivity contribution is 4.99. The average molecular weight is 164 g/mol. The molecule has 1 saturated carbocycles. The lowest BCUT2D eigenvalue weighted by atomic mass is 9.69. The van der Waals surface area contributed by atoms with E-state index < -0.39 is 0 Å². The van der Waals surface area contributed by atoms with Gasteiger partial charge in [-0.2, -0.15) is 5.26 Å². The van der Waals surface area contributed by atoms with Gasteiger partial charge in [0.1, 0.15) is 0 Å². The van der Waals surface area contributed by atoms with E-state index in [1.807, 2.05) is 0 Å². The third-order valence-corrected chi connectivity index (χ3v) is 3.41. The van der Waals surface area contributed by atoms with Crippen LogP contribution in [0, 0.1) is 29.1 Å². The Morgan fingerprint density at radius 1 is 1.33 bits per heavy atom. The average Bonchev–Trinajstić information content (AvgIpc) is 1.90. The number of rotatable bonds is 2. The molecule has 1 saturated heterocycles. The monoisotopic (exact) mass is 164 g/mol.